The van der Waals surface area contributed by atoms with Gasteiger partial charge in [-0.15, -0.1) is 0 Å². The fourth-order valence-electron chi connectivity index (χ4n) is 2.10. The summed E-state index contributed by atoms with van der Waals surface area (Å²) in [6.45, 7) is 4.25. The van der Waals surface area contributed by atoms with Crippen LogP contribution in [0, 0.1) is 6.92 Å². The van der Waals surface area contributed by atoms with Crippen LogP contribution in [0.2, 0.25) is 0 Å². The monoisotopic (exact) mass is 212 g/mol. The molecule has 1 aromatic carbocycles. The minimum absolute atomic E-state index is 0.840. The van der Waals surface area contributed by atoms with Gasteiger partial charge in [-0.3, -0.25) is 4.98 Å². The molecule has 0 spiro atoms. The van der Waals surface area contributed by atoms with Crippen molar-refractivity contribution in [3.8, 4) is 11.1 Å². The number of anilines is 1. The Kier molecular flexibility index (Phi) is 2.91. The molecule has 0 bridgehead atoms. The molecule has 2 nitrogen and oxygen atoms in total. The van der Waals surface area contributed by atoms with Crippen LogP contribution in [0.25, 0.3) is 11.1 Å². The van der Waals surface area contributed by atoms with E-state index in [9.17, 15) is 0 Å². The lowest BCUT2D eigenvalue weighted by Crippen LogP contribution is -1.95. The van der Waals surface area contributed by atoms with Gasteiger partial charge >= 0.3 is 0 Å². The quantitative estimate of drug-likeness (QED) is 0.776. The van der Waals surface area contributed by atoms with Gasteiger partial charge in [0.2, 0.25) is 0 Å². The first-order valence-corrected chi connectivity index (χ1v) is 5.51. The largest absolute Gasteiger partial charge is 0.399 e. The van der Waals surface area contributed by atoms with Crippen molar-refractivity contribution in [2.45, 2.75) is 20.3 Å². The number of aromatic nitrogens is 1. The molecule has 2 N–H and O–H groups in total. The Morgan fingerprint density at radius 1 is 1.19 bits per heavy atom. The summed E-state index contributed by atoms with van der Waals surface area (Å²) in [6, 6.07) is 8.16. The molecule has 1 aromatic heterocycles. The molecule has 0 saturated carbocycles. The van der Waals surface area contributed by atoms with Gasteiger partial charge in [0.25, 0.3) is 0 Å². The zero-order valence-corrected chi connectivity index (χ0v) is 9.70. The van der Waals surface area contributed by atoms with Crippen molar-refractivity contribution in [3.63, 3.8) is 0 Å². The summed E-state index contributed by atoms with van der Waals surface area (Å²) in [5.74, 6) is 0. The van der Waals surface area contributed by atoms with E-state index in [2.05, 4.69) is 24.9 Å². The SMILES string of the molecule is CCc1cc(N)cc(C)c1-c1ccncc1. The maximum atomic E-state index is 5.87. The van der Waals surface area contributed by atoms with Crippen LogP contribution in [0.1, 0.15) is 18.1 Å². The van der Waals surface area contributed by atoms with Crippen molar-refractivity contribution in [2.24, 2.45) is 0 Å². The van der Waals surface area contributed by atoms with Gasteiger partial charge in [0.15, 0.2) is 0 Å². The van der Waals surface area contributed by atoms with E-state index in [1.807, 2.05) is 30.6 Å². The molecule has 0 saturated heterocycles. The standard InChI is InChI=1S/C14H16N2/c1-3-11-9-13(15)8-10(2)14(11)12-4-6-16-7-5-12/h4-9H,3,15H2,1-2H3. The summed E-state index contributed by atoms with van der Waals surface area (Å²) >= 11 is 0. The van der Waals surface area contributed by atoms with Crippen LogP contribution in [0.15, 0.2) is 36.7 Å². The third-order valence-corrected chi connectivity index (χ3v) is 2.79. The van der Waals surface area contributed by atoms with E-state index >= 15 is 0 Å². The molecule has 0 fully saturated rings. The van der Waals surface area contributed by atoms with Crippen molar-refractivity contribution in [2.75, 3.05) is 5.73 Å². The average molecular weight is 212 g/mol. The van der Waals surface area contributed by atoms with Gasteiger partial charge in [0, 0.05) is 18.1 Å². The van der Waals surface area contributed by atoms with E-state index in [0.29, 0.717) is 0 Å². The summed E-state index contributed by atoms with van der Waals surface area (Å²) in [4.78, 5) is 4.05. The van der Waals surface area contributed by atoms with Crippen molar-refractivity contribution in [1.29, 1.82) is 0 Å². The van der Waals surface area contributed by atoms with Crippen LogP contribution in [-0.4, -0.2) is 4.98 Å². The molecule has 16 heavy (non-hydrogen) atoms. The molecular formula is C14H16N2. The first kappa shape index (κ1) is 10.7. The van der Waals surface area contributed by atoms with Gasteiger partial charge in [-0.1, -0.05) is 6.92 Å². The zero-order chi connectivity index (χ0) is 11.5. The smallest absolute Gasteiger partial charge is 0.0319 e. The number of rotatable bonds is 2. The first-order chi connectivity index (χ1) is 7.72. The lowest BCUT2D eigenvalue weighted by atomic mass is 9.94. The van der Waals surface area contributed by atoms with Gasteiger partial charge in [-0.2, -0.15) is 0 Å². The zero-order valence-electron chi connectivity index (χ0n) is 9.70. The predicted molar refractivity (Wildman–Crippen MR) is 68.2 cm³/mol. The highest BCUT2D eigenvalue weighted by molar-refractivity contribution is 5.73. The normalized spacial score (nSPS) is 10.4. The number of pyridine rings is 1. The van der Waals surface area contributed by atoms with Crippen molar-refractivity contribution in [1.82, 2.24) is 4.98 Å². The van der Waals surface area contributed by atoms with Crippen LogP contribution in [0.3, 0.4) is 0 Å². The predicted octanol–water partition coefficient (Wildman–Crippen LogP) is 3.20. The number of nitrogens with zero attached hydrogens (tertiary/aromatic N) is 1. The molecule has 0 aliphatic heterocycles. The van der Waals surface area contributed by atoms with Crippen LogP contribution in [-0.2, 0) is 6.42 Å². The van der Waals surface area contributed by atoms with Gasteiger partial charge in [0.1, 0.15) is 0 Å². The number of nitrogen functional groups attached to an aromatic ring is 1. The Labute approximate surface area is 96.1 Å². The van der Waals surface area contributed by atoms with E-state index in [0.717, 1.165) is 12.1 Å². The molecule has 0 unspecified atom stereocenters. The van der Waals surface area contributed by atoms with E-state index in [1.54, 1.807) is 0 Å². The number of hydrogen-bond acceptors (Lipinski definition) is 2. The Morgan fingerprint density at radius 3 is 2.50 bits per heavy atom. The number of benzene rings is 1. The topological polar surface area (TPSA) is 38.9 Å². The van der Waals surface area contributed by atoms with E-state index in [4.69, 9.17) is 5.73 Å². The summed E-state index contributed by atoms with van der Waals surface area (Å²) in [5.41, 5.74) is 11.7. The molecule has 2 heteroatoms. The van der Waals surface area contributed by atoms with Crippen molar-refractivity contribution >= 4 is 5.69 Å². The first-order valence-electron chi connectivity index (χ1n) is 5.51. The second kappa shape index (κ2) is 4.35. The highest BCUT2D eigenvalue weighted by atomic mass is 14.6. The Hall–Kier alpha value is -1.83. The molecule has 0 aliphatic rings. The maximum absolute atomic E-state index is 5.87. The van der Waals surface area contributed by atoms with E-state index in [-0.39, 0.29) is 0 Å². The average Bonchev–Trinajstić information content (AvgIpc) is 2.29. The molecule has 0 atom stereocenters. The van der Waals surface area contributed by atoms with Gasteiger partial charge in [0.05, 0.1) is 0 Å². The molecule has 2 aromatic rings. The van der Waals surface area contributed by atoms with Crippen molar-refractivity contribution < 1.29 is 0 Å². The Bertz CT molecular complexity index is 490. The van der Waals surface area contributed by atoms with Crippen molar-refractivity contribution in [3.05, 3.63) is 47.8 Å². The molecule has 2 rings (SSSR count). The molecule has 0 aliphatic carbocycles. The Balaban J connectivity index is 2.64. The van der Waals surface area contributed by atoms with Gasteiger partial charge in [-0.25, -0.2) is 0 Å². The molecule has 1 heterocycles. The fraction of sp³-hybridized carbons (Fsp3) is 0.214. The Morgan fingerprint density at radius 2 is 1.88 bits per heavy atom. The summed E-state index contributed by atoms with van der Waals surface area (Å²) < 4.78 is 0. The highest BCUT2D eigenvalue weighted by Crippen LogP contribution is 2.29. The molecule has 82 valence electrons. The molecule has 0 amide bonds. The summed E-state index contributed by atoms with van der Waals surface area (Å²) in [5, 5.41) is 0. The lowest BCUT2D eigenvalue weighted by Gasteiger charge is -2.12. The molecular weight excluding hydrogens is 196 g/mol. The summed E-state index contributed by atoms with van der Waals surface area (Å²) in [6.07, 6.45) is 4.64. The lowest BCUT2D eigenvalue weighted by molar-refractivity contribution is 1.13. The molecule has 0 radical (unpaired) electrons. The van der Waals surface area contributed by atoms with E-state index < -0.39 is 0 Å². The third kappa shape index (κ3) is 1.91. The van der Waals surface area contributed by atoms with Crippen LogP contribution in [0.5, 0.6) is 0 Å². The number of hydrogen-bond donors (Lipinski definition) is 1. The van der Waals surface area contributed by atoms with Gasteiger partial charge < -0.3 is 5.73 Å². The second-order valence-electron chi connectivity index (χ2n) is 3.96. The maximum Gasteiger partial charge on any atom is 0.0319 e. The third-order valence-electron chi connectivity index (χ3n) is 2.79. The number of aryl methyl sites for hydroxylation is 2. The number of nitrogens with two attached hydrogens (primary N) is 1. The van der Waals surface area contributed by atoms with E-state index in [1.165, 1.54) is 22.3 Å². The van der Waals surface area contributed by atoms with Crippen LogP contribution in [0.4, 0.5) is 5.69 Å². The summed E-state index contributed by atoms with van der Waals surface area (Å²) in [7, 11) is 0. The minimum Gasteiger partial charge on any atom is -0.399 e. The van der Waals surface area contributed by atoms with Crippen LogP contribution >= 0.6 is 0 Å². The van der Waals surface area contributed by atoms with Gasteiger partial charge in [-0.05, 0) is 59.9 Å². The highest BCUT2D eigenvalue weighted by Gasteiger charge is 2.07. The van der Waals surface area contributed by atoms with Crippen LogP contribution < -0.4 is 5.73 Å². The fourth-order valence-corrected chi connectivity index (χ4v) is 2.10. The minimum atomic E-state index is 0.840. The second-order valence-corrected chi connectivity index (χ2v) is 3.96.